The Morgan fingerprint density at radius 3 is 2.86 bits per heavy atom. The van der Waals surface area contributed by atoms with Crippen molar-refractivity contribution in [1.82, 2.24) is 9.59 Å². The van der Waals surface area contributed by atoms with Crippen LogP contribution in [0.25, 0.3) is 6.08 Å². The van der Waals surface area contributed by atoms with Crippen LogP contribution in [0.15, 0.2) is 29.7 Å². The van der Waals surface area contributed by atoms with E-state index in [9.17, 15) is 9.59 Å². The molecular weight excluding hydrogens is 294 g/mol. The highest BCUT2D eigenvalue weighted by Gasteiger charge is 2.12. The van der Waals surface area contributed by atoms with Crippen molar-refractivity contribution in [3.05, 3.63) is 40.9 Å². The number of hydrogen-bond donors (Lipinski definition) is 2. The van der Waals surface area contributed by atoms with Crippen LogP contribution in [0.4, 0.5) is 5.69 Å². The smallest absolute Gasteiger partial charge is 0.328 e. The molecule has 0 radical (unpaired) electrons. The van der Waals surface area contributed by atoms with E-state index in [0.29, 0.717) is 17.0 Å². The van der Waals surface area contributed by atoms with E-state index >= 15 is 0 Å². The Balaban J connectivity index is 2.25. The molecule has 108 valence electrons. The van der Waals surface area contributed by atoms with E-state index in [4.69, 9.17) is 9.84 Å². The highest BCUT2D eigenvalue weighted by molar-refractivity contribution is 7.03. The Labute approximate surface area is 124 Å². The SMILES string of the molecule is COc1ccc(C=CC(=O)O)cc1NC(=O)c1csnn1. The highest BCUT2D eigenvalue weighted by Crippen LogP contribution is 2.26. The third-order valence-corrected chi connectivity index (χ3v) is 2.99. The Hall–Kier alpha value is -2.74. The molecule has 0 aliphatic heterocycles. The topological polar surface area (TPSA) is 101 Å². The Bertz CT molecular complexity index is 683. The second kappa shape index (κ2) is 6.62. The van der Waals surface area contributed by atoms with Gasteiger partial charge in [-0.1, -0.05) is 10.6 Å². The minimum Gasteiger partial charge on any atom is -0.495 e. The van der Waals surface area contributed by atoms with Crippen molar-refractivity contribution in [2.45, 2.75) is 0 Å². The zero-order chi connectivity index (χ0) is 15.2. The molecule has 1 aromatic carbocycles. The summed E-state index contributed by atoms with van der Waals surface area (Å²) in [5.41, 5.74) is 1.24. The molecule has 2 N–H and O–H groups in total. The normalized spacial score (nSPS) is 10.5. The van der Waals surface area contributed by atoms with Crippen LogP contribution in [-0.4, -0.2) is 33.7 Å². The van der Waals surface area contributed by atoms with Gasteiger partial charge in [-0.15, -0.1) is 5.10 Å². The second-order valence-electron chi connectivity index (χ2n) is 3.88. The zero-order valence-corrected chi connectivity index (χ0v) is 11.8. The molecular formula is C13H11N3O4S. The van der Waals surface area contributed by atoms with Gasteiger partial charge in [0.2, 0.25) is 0 Å². The van der Waals surface area contributed by atoms with Crippen LogP contribution < -0.4 is 10.1 Å². The Kier molecular flexibility index (Phi) is 4.62. The molecule has 2 rings (SSSR count). The molecule has 0 spiro atoms. The maximum Gasteiger partial charge on any atom is 0.328 e. The minimum atomic E-state index is -1.05. The fourth-order valence-corrected chi connectivity index (χ4v) is 1.98. The summed E-state index contributed by atoms with van der Waals surface area (Å²) in [6.45, 7) is 0. The number of carbonyl (C=O) groups excluding carboxylic acids is 1. The number of rotatable bonds is 5. The number of anilines is 1. The molecule has 8 heteroatoms. The summed E-state index contributed by atoms with van der Waals surface area (Å²) in [6.07, 6.45) is 2.43. The van der Waals surface area contributed by atoms with E-state index in [1.807, 2.05) is 0 Å². The first-order valence-electron chi connectivity index (χ1n) is 5.77. The van der Waals surface area contributed by atoms with Crippen molar-refractivity contribution in [2.24, 2.45) is 0 Å². The molecule has 0 aliphatic carbocycles. The first-order valence-corrected chi connectivity index (χ1v) is 6.61. The van der Waals surface area contributed by atoms with Gasteiger partial charge in [0.25, 0.3) is 5.91 Å². The van der Waals surface area contributed by atoms with Crippen LogP contribution in [0.1, 0.15) is 16.1 Å². The molecule has 0 atom stereocenters. The Morgan fingerprint density at radius 2 is 2.24 bits per heavy atom. The molecule has 0 fully saturated rings. The van der Waals surface area contributed by atoms with E-state index in [1.165, 1.54) is 18.6 Å². The largest absolute Gasteiger partial charge is 0.495 e. The number of aromatic nitrogens is 2. The number of aliphatic carboxylic acids is 1. The standard InChI is InChI=1S/C13H11N3O4S/c1-20-11-4-2-8(3-5-12(17)18)6-9(11)14-13(19)10-7-21-16-15-10/h2-7H,1H3,(H,14,19)(H,17,18). The van der Waals surface area contributed by atoms with E-state index in [1.54, 1.807) is 18.2 Å². The number of hydrogen-bond acceptors (Lipinski definition) is 6. The minimum absolute atomic E-state index is 0.202. The average molecular weight is 305 g/mol. The van der Waals surface area contributed by atoms with Gasteiger partial charge in [0, 0.05) is 11.5 Å². The number of benzene rings is 1. The van der Waals surface area contributed by atoms with Gasteiger partial charge in [-0.3, -0.25) is 4.79 Å². The summed E-state index contributed by atoms with van der Waals surface area (Å²) in [4.78, 5) is 22.5. The number of nitrogens with one attached hydrogen (secondary N) is 1. The number of nitrogens with zero attached hydrogens (tertiary/aromatic N) is 2. The molecule has 7 nitrogen and oxygen atoms in total. The van der Waals surface area contributed by atoms with Crippen molar-refractivity contribution in [2.75, 3.05) is 12.4 Å². The van der Waals surface area contributed by atoms with Crippen LogP contribution >= 0.6 is 11.5 Å². The van der Waals surface area contributed by atoms with Gasteiger partial charge in [0.15, 0.2) is 5.69 Å². The lowest BCUT2D eigenvalue weighted by molar-refractivity contribution is -0.131. The summed E-state index contributed by atoms with van der Waals surface area (Å²) in [5.74, 6) is -1.01. The molecule has 0 saturated carbocycles. The predicted octanol–water partition coefficient (Wildman–Crippen LogP) is 1.90. The summed E-state index contributed by atoms with van der Waals surface area (Å²) in [6, 6.07) is 4.92. The van der Waals surface area contributed by atoms with E-state index in [-0.39, 0.29) is 5.69 Å². The molecule has 0 unspecified atom stereocenters. The molecule has 21 heavy (non-hydrogen) atoms. The molecule has 0 aliphatic rings. The van der Waals surface area contributed by atoms with Crippen LogP contribution in [0, 0.1) is 0 Å². The molecule has 0 saturated heterocycles. The van der Waals surface area contributed by atoms with Gasteiger partial charge in [0.05, 0.1) is 12.8 Å². The Morgan fingerprint density at radius 1 is 1.43 bits per heavy atom. The van der Waals surface area contributed by atoms with Crippen molar-refractivity contribution in [3.63, 3.8) is 0 Å². The maximum absolute atomic E-state index is 11.9. The van der Waals surface area contributed by atoms with Crippen LogP contribution in [0.2, 0.25) is 0 Å². The first-order chi connectivity index (χ1) is 10.1. The molecule has 1 amide bonds. The summed E-state index contributed by atoms with van der Waals surface area (Å²) >= 11 is 1.07. The molecule has 1 aromatic heterocycles. The molecule has 2 aromatic rings. The van der Waals surface area contributed by atoms with Gasteiger partial charge in [-0.2, -0.15) is 0 Å². The van der Waals surface area contributed by atoms with Crippen LogP contribution in [0.3, 0.4) is 0 Å². The van der Waals surface area contributed by atoms with Gasteiger partial charge in [0.1, 0.15) is 5.75 Å². The average Bonchev–Trinajstić information content (AvgIpc) is 2.99. The third-order valence-electron chi connectivity index (χ3n) is 2.48. The van der Waals surface area contributed by atoms with Crippen molar-refractivity contribution >= 4 is 35.2 Å². The van der Waals surface area contributed by atoms with Crippen molar-refractivity contribution in [3.8, 4) is 5.75 Å². The van der Waals surface area contributed by atoms with Crippen molar-refractivity contribution in [1.29, 1.82) is 0 Å². The number of carboxylic acid groups (broad SMARTS) is 1. The molecule has 0 bridgehead atoms. The van der Waals surface area contributed by atoms with E-state index in [2.05, 4.69) is 14.9 Å². The van der Waals surface area contributed by atoms with Crippen LogP contribution in [0.5, 0.6) is 5.75 Å². The highest BCUT2D eigenvalue weighted by atomic mass is 32.1. The fraction of sp³-hybridized carbons (Fsp3) is 0.0769. The number of amides is 1. The summed E-state index contributed by atoms with van der Waals surface area (Å²) in [7, 11) is 1.47. The van der Waals surface area contributed by atoms with E-state index in [0.717, 1.165) is 17.6 Å². The van der Waals surface area contributed by atoms with Gasteiger partial charge in [-0.05, 0) is 35.3 Å². The molecule has 1 heterocycles. The first kappa shape index (κ1) is 14.7. The third kappa shape index (κ3) is 3.86. The summed E-state index contributed by atoms with van der Waals surface area (Å²) < 4.78 is 8.77. The lowest BCUT2D eigenvalue weighted by Gasteiger charge is -2.10. The quantitative estimate of drug-likeness (QED) is 0.818. The van der Waals surface area contributed by atoms with Gasteiger partial charge in [-0.25, -0.2) is 4.79 Å². The van der Waals surface area contributed by atoms with Gasteiger partial charge >= 0.3 is 5.97 Å². The number of carbonyl (C=O) groups is 2. The number of carboxylic acids is 1. The maximum atomic E-state index is 11.9. The monoisotopic (exact) mass is 305 g/mol. The lowest BCUT2D eigenvalue weighted by Crippen LogP contribution is -2.13. The lowest BCUT2D eigenvalue weighted by atomic mass is 10.1. The number of methoxy groups -OCH3 is 1. The zero-order valence-electron chi connectivity index (χ0n) is 10.9. The van der Waals surface area contributed by atoms with Crippen LogP contribution in [-0.2, 0) is 4.79 Å². The van der Waals surface area contributed by atoms with Gasteiger partial charge < -0.3 is 15.2 Å². The number of ether oxygens (including phenoxy) is 1. The predicted molar refractivity (Wildman–Crippen MR) is 77.5 cm³/mol. The fourth-order valence-electron chi connectivity index (χ4n) is 1.54. The summed E-state index contributed by atoms with van der Waals surface area (Å²) in [5, 5.41) is 16.5. The second-order valence-corrected chi connectivity index (χ2v) is 4.49. The van der Waals surface area contributed by atoms with Crippen molar-refractivity contribution < 1.29 is 19.4 Å². The van der Waals surface area contributed by atoms with E-state index < -0.39 is 11.9 Å².